The number of aromatic nitrogens is 2. The average Bonchev–Trinajstić information content (AvgIpc) is 2.56. The molecule has 1 aromatic heterocycles. The average molecular weight is 168 g/mol. The molecule has 3 nitrogen and oxygen atoms in total. The fraction of sp³-hybridized carbons (Fsp3) is 0.667. The summed E-state index contributed by atoms with van der Waals surface area (Å²) in [6.45, 7) is 2.95. The van der Waals surface area contributed by atoms with E-state index < -0.39 is 0 Å². The van der Waals surface area contributed by atoms with Crippen LogP contribution in [0.1, 0.15) is 25.8 Å². The number of hydrogen-bond acceptors (Lipinski definition) is 2. The van der Waals surface area contributed by atoms with Gasteiger partial charge in [-0.25, -0.2) is 4.98 Å². The van der Waals surface area contributed by atoms with E-state index in [2.05, 4.69) is 16.5 Å². The third-order valence-corrected chi connectivity index (χ3v) is 1.93. The largest absolute Gasteiger partial charge is 0.383 e. The zero-order valence-electron chi connectivity index (χ0n) is 7.73. The summed E-state index contributed by atoms with van der Waals surface area (Å²) in [5, 5.41) is 0. The van der Waals surface area contributed by atoms with Gasteiger partial charge in [0.1, 0.15) is 0 Å². The smallest absolute Gasteiger partial charge is 0.0949 e. The minimum Gasteiger partial charge on any atom is -0.383 e. The molecular formula is C9H16N2O. The van der Waals surface area contributed by atoms with E-state index in [9.17, 15) is 0 Å². The lowest BCUT2D eigenvalue weighted by Crippen LogP contribution is -2.12. The molecule has 0 aliphatic heterocycles. The Morgan fingerprint density at radius 2 is 2.42 bits per heavy atom. The van der Waals surface area contributed by atoms with Crippen molar-refractivity contribution < 1.29 is 4.74 Å². The van der Waals surface area contributed by atoms with Crippen molar-refractivity contribution in [3.05, 3.63) is 18.7 Å². The summed E-state index contributed by atoms with van der Waals surface area (Å²) in [6, 6.07) is 0.447. The first-order chi connectivity index (χ1) is 5.88. The van der Waals surface area contributed by atoms with Crippen molar-refractivity contribution in [2.45, 2.75) is 25.8 Å². The van der Waals surface area contributed by atoms with Crippen molar-refractivity contribution in [3.8, 4) is 0 Å². The van der Waals surface area contributed by atoms with E-state index in [1.165, 1.54) is 6.42 Å². The fourth-order valence-electron chi connectivity index (χ4n) is 1.33. The number of ether oxygens (including phenoxy) is 1. The molecule has 0 saturated heterocycles. The molecule has 1 rings (SSSR count). The molecule has 3 heteroatoms. The molecule has 0 amide bonds. The lowest BCUT2D eigenvalue weighted by Gasteiger charge is -2.15. The van der Waals surface area contributed by atoms with Gasteiger partial charge >= 0.3 is 0 Å². The summed E-state index contributed by atoms with van der Waals surface area (Å²) in [4.78, 5) is 4.01. The lowest BCUT2D eigenvalue weighted by molar-refractivity contribution is 0.150. The highest BCUT2D eigenvalue weighted by molar-refractivity contribution is 4.80. The highest BCUT2D eigenvalue weighted by Gasteiger charge is 2.07. The van der Waals surface area contributed by atoms with Crippen LogP contribution >= 0.6 is 0 Å². The van der Waals surface area contributed by atoms with Gasteiger partial charge < -0.3 is 9.30 Å². The summed E-state index contributed by atoms with van der Waals surface area (Å²) < 4.78 is 7.24. The lowest BCUT2D eigenvalue weighted by atomic mass is 10.2. The van der Waals surface area contributed by atoms with Crippen molar-refractivity contribution in [2.24, 2.45) is 0 Å². The van der Waals surface area contributed by atoms with Crippen LogP contribution in [0, 0.1) is 0 Å². The molecule has 0 radical (unpaired) electrons. The Balaban J connectivity index is 2.53. The summed E-state index contributed by atoms with van der Waals surface area (Å²) in [5.74, 6) is 0. The summed E-state index contributed by atoms with van der Waals surface area (Å²) in [5.41, 5.74) is 0. The quantitative estimate of drug-likeness (QED) is 0.671. The van der Waals surface area contributed by atoms with Crippen LogP contribution in [-0.2, 0) is 4.74 Å². The van der Waals surface area contributed by atoms with Crippen LogP contribution in [0.4, 0.5) is 0 Å². The molecule has 1 aromatic rings. The molecule has 1 atom stereocenters. The van der Waals surface area contributed by atoms with Gasteiger partial charge in [-0.1, -0.05) is 13.3 Å². The molecule has 12 heavy (non-hydrogen) atoms. The van der Waals surface area contributed by atoms with Crippen LogP contribution in [0.25, 0.3) is 0 Å². The van der Waals surface area contributed by atoms with E-state index in [1.54, 1.807) is 13.3 Å². The number of rotatable bonds is 5. The van der Waals surface area contributed by atoms with E-state index in [0.29, 0.717) is 6.04 Å². The molecule has 0 aliphatic rings. The molecule has 0 bridgehead atoms. The number of nitrogens with zero attached hydrogens (tertiary/aromatic N) is 2. The van der Waals surface area contributed by atoms with Gasteiger partial charge in [0.05, 0.1) is 19.0 Å². The molecule has 0 saturated carbocycles. The Labute approximate surface area is 73.4 Å². The van der Waals surface area contributed by atoms with E-state index in [-0.39, 0.29) is 0 Å². The molecule has 0 spiro atoms. The molecule has 68 valence electrons. The predicted octanol–water partition coefficient (Wildman–Crippen LogP) is 1.87. The zero-order valence-corrected chi connectivity index (χ0v) is 7.73. The molecule has 0 fully saturated rings. The van der Waals surface area contributed by atoms with Crippen LogP contribution in [-0.4, -0.2) is 23.3 Å². The highest BCUT2D eigenvalue weighted by atomic mass is 16.5. The van der Waals surface area contributed by atoms with Gasteiger partial charge in [-0.3, -0.25) is 0 Å². The molecule has 0 aliphatic carbocycles. The number of imidazole rings is 1. The van der Waals surface area contributed by atoms with Gasteiger partial charge in [0.15, 0.2) is 0 Å². The minimum absolute atomic E-state index is 0.447. The second kappa shape index (κ2) is 4.93. The van der Waals surface area contributed by atoms with Crippen molar-refractivity contribution in [3.63, 3.8) is 0 Å². The SMILES string of the molecule is CCCC(COC)n1ccnc1. The Morgan fingerprint density at radius 1 is 1.58 bits per heavy atom. The summed E-state index contributed by atoms with van der Waals surface area (Å²) in [6.07, 6.45) is 7.95. The Kier molecular flexibility index (Phi) is 3.80. The fourth-order valence-corrected chi connectivity index (χ4v) is 1.33. The number of hydrogen-bond donors (Lipinski definition) is 0. The van der Waals surface area contributed by atoms with Gasteiger partial charge in [0, 0.05) is 19.5 Å². The van der Waals surface area contributed by atoms with Crippen LogP contribution < -0.4 is 0 Å². The predicted molar refractivity (Wildman–Crippen MR) is 48.0 cm³/mol. The molecule has 0 aromatic carbocycles. The summed E-state index contributed by atoms with van der Waals surface area (Å²) in [7, 11) is 1.74. The normalized spacial score (nSPS) is 13.2. The third-order valence-electron chi connectivity index (χ3n) is 1.93. The zero-order chi connectivity index (χ0) is 8.81. The van der Waals surface area contributed by atoms with Gasteiger partial charge in [0.2, 0.25) is 0 Å². The van der Waals surface area contributed by atoms with Crippen molar-refractivity contribution >= 4 is 0 Å². The van der Waals surface area contributed by atoms with Crippen LogP contribution in [0.3, 0.4) is 0 Å². The maximum absolute atomic E-state index is 5.13. The molecular weight excluding hydrogens is 152 g/mol. The third kappa shape index (κ3) is 2.34. The Morgan fingerprint density at radius 3 is 2.92 bits per heavy atom. The minimum atomic E-state index is 0.447. The monoisotopic (exact) mass is 168 g/mol. The Bertz CT molecular complexity index is 190. The van der Waals surface area contributed by atoms with Crippen LogP contribution in [0.2, 0.25) is 0 Å². The summed E-state index contributed by atoms with van der Waals surface area (Å²) >= 11 is 0. The van der Waals surface area contributed by atoms with E-state index >= 15 is 0 Å². The van der Waals surface area contributed by atoms with Crippen LogP contribution in [0.15, 0.2) is 18.7 Å². The van der Waals surface area contributed by atoms with Gasteiger partial charge in [0.25, 0.3) is 0 Å². The highest BCUT2D eigenvalue weighted by Crippen LogP contribution is 2.12. The van der Waals surface area contributed by atoms with E-state index in [0.717, 1.165) is 13.0 Å². The van der Waals surface area contributed by atoms with E-state index in [1.807, 2.05) is 12.5 Å². The van der Waals surface area contributed by atoms with Gasteiger partial charge in [-0.15, -0.1) is 0 Å². The second-order valence-corrected chi connectivity index (χ2v) is 2.91. The van der Waals surface area contributed by atoms with Gasteiger partial charge in [-0.2, -0.15) is 0 Å². The first kappa shape index (κ1) is 9.26. The maximum Gasteiger partial charge on any atom is 0.0949 e. The van der Waals surface area contributed by atoms with Crippen molar-refractivity contribution in [1.82, 2.24) is 9.55 Å². The number of methoxy groups -OCH3 is 1. The molecule has 0 N–H and O–H groups in total. The molecule has 1 heterocycles. The van der Waals surface area contributed by atoms with Gasteiger partial charge in [-0.05, 0) is 6.42 Å². The first-order valence-corrected chi connectivity index (χ1v) is 4.34. The van der Waals surface area contributed by atoms with Crippen molar-refractivity contribution in [1.29, 1.82) is 0 Å². The first-order valence-electron chi connectivity index (χ1n) is 4.34. The second-order valence-electron chi connectivity index (χ2n) is 2.91. The van der Waals surface area contributed by atoms with Crippen LogP contribution in [0.5, 0.6) is 0 Å². The standard InChI is InChI=1S/C9H16N2O/c1-3-4-9(7-12-2)11-6-5-10-8-11/h5-6,8-9H,3-4,7H2,1-2H3. The maximum atomic E-state index is 5.13. The van der Waals surface area contributed by atoms with Crippen molar-refractivity contribution in [2.75, 3.05) is 13.7 Å². The topological polar surface area (TPSA) is 27.1 Å². The molecule has 1 unspecified atom stereocenters. The van der Waals surface area contributed by atoms with E-state index in [4.69, 9.17) is 4.74 Å². The Hall–Kier alpha value is -0.830.